The molecule has 1 aromatic heterocycles. The van der Waals surface area contributed by atoms with Gasteiger partial charge in [-0.2, -0.15) is 0 Å². The maximum Gasteiger partial charge on any atom is 0.408 e. The number of hydrogen-bond donors (Lipinski definition) is 3. The fourth-order valence-electron chi connectivity index (χ4n) is 1.35. The van der Waals surface area contributed by atoms with Crippen molar-refractivity contribution in [3.8, 4) is 0 Å². The highest BCUT2D eigenvalue weighted by atomic mass is 32.1. The van der Waals surface area contributed by atoms with Crippen LogP contribution >= 0.6 is 11.3 Å². The van der Waals surface area contributed by atoms with E-state index in [2.05, 4.69) is 5.32 Å². The summed E-state index contributed by atoms with van der Waals surface area (Å²) in [5.41, 5.74) is -0.696. The van der Waals surface area contributed by atoms with Gasteiger partial charge in [-0.15, -0.1) is 11.3 Å². The lowest BCUT2D eigenvalue weighted by Crippen LogP contribution is -2.42. The van der Waals surface area contributed by atoms with Crippen molar-refractivity contribution in [3.63, 3.8) is 0 Å². The molecule has 0 aliphatic rings. The third-order valence-corrected chi connectivity index (χ3v) is 3.05. The summed E-state index contributed by atoms with van der Waals surface area (Å²) < 4.78 is 5.05. The lowest BCUT2D eigenvalue weighted by Gasteiger charge is -2.24. The van der Waals surface area contributed by atoms with Gasteiger partial charge in [-0.05, 0) is 32.2 Å². The number of aliphatic hydroxyl groups is 1. The Bertz CT molecular complexity index is 437. The van der Waals surface area contributed by atoms with Gasteiger partial charge < -0.3 is 20.3 Å². The molecule has 2 atom stereocenters. The Balaban J connectivity index is 2.82. The number of carboxylic acid groups (broad SMARTS) is 1. The summed E-state index contributed by atoms with van der Waals surface area (Å²) >= 11 is 1.24. The molecule has 0 radical (unpaired) electrons. The minimum Gasteiger partial charge on any atom is -0.479 e. The van der Waals surface area contributed by atoms with Crippen LogP contribution in [0.25, 0.3) is 0 Å². The Morgan fingerprint density at radius 1 is 1.42 bits per heavy atom. The third kappa shape index (κ3) is 4.88. The van der Waals surface area contributed by atoms with E-state index in [-0.39, 0.29) is 0 Å². The zero-order valence-electron chi connectivity index (χ0n) is 10.9. The van der Waals surface area contributed by atoms with Gasteiger partial charge in [0.15, 0.2) is 6.10 Å². The molecule has 0 saturated carbocycles. The molecule has 0 spiro atoms. The lowest BCUT2D eigenvalue weighted by atomic mass is 10.1. The number of aliphatic hydroxyl groups excluding tert-OH is 1. The smallest absolute Gasteiger partial charge is 0.408 e. The molecular weight excluding hydrogens is 270 g/mol. The molecule has 1 amide bonds. The van der Waals surface area contributed by atoms with E-state index in [4.69, 9.17) is 9.84 Å². The van der Waals surface area contributed by atoms with E-state index < -0.39 is 29.8 Å². The van der Waals surface area contributed by atoms with Gasteiger partial charge in [-0.1, -0.05) is 6.07 Å². The number of ether oxygens (including phenoxy) is 1. The zero-order valence-corrected chi connectivity index (χ0v) is 11.7. The predicted octanol–water partition coefficient (Wildman–Crippen LogP) is 1.76. The summed E-state index contributed by atoms with van der Waals surface area (Å²) in [6, 6.07) is 2.31. The molecule has 0 fully saturated rings. The molecule has 0 unspecified atom stereocenters. The van der Waals surface area contributed by atoms with Crippen molar-refractivity contribution in [1.29, 1.82) is 0 Å². The standard InChI is InChI=1S/C12H17NO5S/c1-12(2,3)18-11(17)13-8(9(14)10(15)16)7-5-4-6-19-7/h4-6,8-9,14H,1-3H3,(H,13,17)(H,15,16)/t8-,9-/m0/s1. The minimum absolute atomic E-state index is 0.542. The molecule has 1 heterocycles. The van der Waals surface area contributed by atoms with Crippen molar-refractivity contribution >= 4 is 23.4 Å². The van der Waals surface area contributed by atoms with Crippen LogP contribution in [0.3, 0.4) is 0 Å². The molecule has 3 N–H and O–H groups in total. The van der Waals surface area contributed by atoms with E-state index in [1.54, 1.807) is 38.3 Å². The average molecular weight is 287 g/mol. The zero-order chi connectivity index (χ0) is 14.6. The molecule has 0 saturated heterocycles. The van der Waals surface area contributed by atoms with Gasteiger partial charge in [0.25, 0.3) is 0 Å². The Morgan fingerprint density at radius 2 is 2.05 bits per heavy atom. The van der Waals surface area contributed by atoms with E-state index >= 15 is 0 Å². The highest BCUT2D eigenvalue weighted by Gasteiger charge is 2.31. The quantitative estimate of drug-likeness (QED) is 0.784. The largest absolute Gasteiger partial charge is 0.479 e. The maximum absolute atomic E-state index is 11.7. The average Bonchev–Trinajstić information content (AvgIpc) is 2.75. The highest BCUT2D eigenvalue weighted by Crippen LogP contribution is 2.23. The number of alkyl carbamates (subject to hydrolysis) is 1. The van der Waals surface area contributed by atoms with Gasteiger partial charge in [0, 0.05) is 4.88 Å². The number of nitrogens with one attached hydrogen (secondary N) is 1. The van der Waals surface area contributed by atoms with Gasteiger partial charge in [-0.3, -0.25) is 0 Å². The van der Waals surface area contributed by atoms with Crippen LogP contribution in [0.15, 0.2) is 17.5 Å². The van der Waals surface area contributed by atoms with Gasteiger partial charge in [-0.25, -0.2) is 9.59 Å². The highest BCUT2D eigenvalue weighted by molar-refractivity contribution is 7.10. The molecule has 0 bridgehead atoms. The summed E-state index contributed by atoms with van der Waals surface area (Å²) in [5, 5.41) is 22.6. The first-order chi connectivity index (χ1) is 8.70. The first kappa shape index (κ1) is 15.5. The number of aliphatic carboxylic acids is 1. The second-order valence-electron chi connectivity index (χ2n) is 4.92. The molecule has 19 heavy (non-hydrogen) atoms. The molecule has 7 heteroatoms. The summed E-state index contributed by atoms with van der Waals surface area (Å²) in [5.74, 6) is -1.41. The fourth-order valence-corrected chi connectivity index (χ4v) is 2.16. The van der Waals surface area contributed by atoms with Gasteiger partial charge in [0.2, 0.25) is 0 Å². The van der Waals surface area contributed by atoms with E-state index in [0.29, 0.717) is 4.88 Å². The summed E-state index contributed by atoms with van der Waals surface area (Å²) in [6.07, 6.45) is -2.50. The van der Waals surface area contributed by atoms with Crippen LogP contribution in [-0.2, 0) is 9.53 Å². The van der Waals surface area contributed by atoms with E-state index in [1.165, 1.54) is 11.3 Å². The fraction of sp³-hybridized carbons (Fsp3) is 0.500. The van der Waals surface area contributed by atoms with Crippen molar-refractivity contribution in [2.75, 3.05) is 0 Å². The van der Waals surface area contributed by atoms with Crippen LogP contribution in [0.5, 0.6) is 0 Å². The summed E-state index contributed by atoms with van der Waals surface area (Å²) in [6.45, 7) is 5.08. The lowest BCUT2D eigenvalue weighted by molar-refractivity contribution is -0.148. The Kier molecular flexibility index (Phi) is 4.90. The monoisotopic (exact) mass is 287 g/mol. The first-order valence-corrected chi connectivity index (χ1v) is 6.52. The molecule has 0 aliphatic heterocycles. The number of rotatable bonds is 4. The topological polar surface area (TPSA) is 95.9 Å². The molecule has 1 rings (SSSR count). The number of hydrogen-bond acceptors (Lipinski definition) is 5. The predicted molar refractivity (Wildman–Crippen MR) is 70.1 cm³/mol. The number of thiophene rings is 1. The Morgan fingerprint density at radius 3 is 2.47 bits per heavy atom. The van der Waals surface area contributed by atoms with Crippen LogP contribution in [-0.4, -0.2) is 34.0 Å². The number of carbonyl (C=O) groups excluding carboxylic acids is 1. The van der Waals surface area contributed by atoms with Crippen LogP contribution in [0.4, 0.5) is 4.79 Å². The molecule has 6 nitrogen and oxygen atoms in total. The van der Waals surface area contributed by atoms with Crippen molar-refractivity contribution in [2.24, 2.45) is 0 Å². The van der Waals surface area contributed by atoms with Crippen LogP contribution in [0, 0.1) is 0 Å². The maximum atomic E-state index is 11.7. The van der Waals surface area contributed by atoms with Gasteiger partial charge >= 0.3 is 12.1 Å². The van der Waals surface area contributed by atoms with Gasteiger partial charge in [0.1, 0.15) is 11.6 Å². The van der Waals surface area contributed by atoms with E-state index in [9.17, 15) is 14.7 Å². The molecular formula is C12H17NO5S. The molecule has 0 aliphatic carbocycles. The summed E-state index contributed by atoms with van der Waals surface area (Å²) in [4.78, 5) is 23.1. The first-order valence-electron chi connectivity index (χ1n) is 5.64. The molecule has 106 valence electrons. The van der Waals surface area contributed by atoms with Crippen molar-refractivity contribution < 1.29 is 24.5 Å². The second-order valence-corrected chi connectivity index (χ2v) is 5.90. The van der Waals surface area contributed by atoms with Gasteiger partial charge in [0.05, 0.1) is 0 Å². The van der Waals surface area contributed by atoms with E-state index in [1.807, 2.05) is 0 Å². The molecule has 1 aromatic rings. The van der Waals surface area contributed by atoms with Crippen LogP contribution in [0.1, 0.15) is 31.7 Å². The van der Waals surface area contributed by atoms with Crippen molar-refractivity contribution in [1.82, 2.24) is 5.32 Å². The van der Waals surface area contributed by atoms with Crippen LogP contribution in [0.2, 0.25) is 0 Å². The number of carboxylic acids is 1. The Labute approximate surface area is 115 Å². The normalized spacial score (nSPS) is 14.5. The second kappa shape index (κ2) is 6.03. The van der Waals surface area contributed by atoms with Crippen molar-refractivity contribution in [2.45, 2.75) is 38.5 Å². The number of amides is 1. The molecule has 0 aromatic carbocycles. The van der Waals surface area contributed by atoms with Crippen LogP contribution < -0.4 is 5.32 Å². The van der Waals surface area contributed by atoms with Crippen molar-refractivity contribution in [3.05, 3.63) is 22.4 Å². The SMILES string of the molecule is CC(C)(C)OC(=O)N[C@@H](c1cccs1)[C@H](O)C(=O)O. The minimum atomic E-state index is -1.73. The van der Waals surface area contributed by atoms with E-state index in [0.717, 1.165) is 0 Å². The Hall–Kier alpha value is -1.60. The third-order valence-electron chi connectivity index (χ3n) is 2.09. The number of carbonyl (C=O) groups is 2. The summed E-state index contributed by atoms with van der Waals surface area (Å²) in [7, 11) is 0.